The first-order valence-electron chi connectivity index (χ1n) is 4.82. The Bertz CT molecular complexity index is 246. The first-order valence-corrected chi connectivity index (χ1v) is 4.82. The summed E-state index contributed by atoms with van der Waals surface area (Å²) in [6.45, 7) is 5.01. The van der Waals surface area contributed by atoms with E-state index in [1.807, 2.05) is 13.8 Å². The van der Waals surface area contributed by atoms with Crippen LogP contribution in [0.1, 0.15) is 27.2 Å². The van der Waals surface area contributed by atoms with E-state index in [1.165, 1.54) is 6.92 Å². The average molecular weight is 236 g/mol. The van der Waals surface area contributed by atoms with Crippen LogP contribution < -0.4 is 10.9 Å². The van der Waals surface area contributed by atoms with Crippen molar-refractivity contribution in [3.8, 4) is 0 Å². The van der Waals surface area contributed by atoms with Gasteiger partial charge in [0.1, 0.15) is 11.8 Å². The molecule has 0 aliphatic heterocycles. The summed E-state index contributed by atoms with van der Waals surface area (Å²) in [5.74, 6) is -2.46. The summed E-state index contributed by atoms with van der Waals surface area (Å²) in [4.78, 5) is 31.6. The van der Waals surface area contributed by atoms with E-state index >= 15 is 0 Å². The Balaban J connectivity index is 0. The van der Waals surface area contributed by atoms with Gasteiger partial charge >= 0.3 is 5.97 Å². The molecule has 94 valence electrons. The van der Waals surface area contributed by atoms with Crippen molar-refractivity contribution in [2.75, 3.05) is 6.54 Å². The van der Waals surface area contributed by atoms with E-state index < -0.39 is 24.3 Å². The number of amides is 1. The van der Waals surface area contributed by atoms with E-state index in [4.69, 9.17) is 5.11 Å². The van der Waals surface area contributed by atoms with Gasteiger partial charge in [-0.3, -0.25) is 14.4 Å². The van der Waals surface area contributed by atoms with E-state index in [-0.39, 0.29) is 12.3 Å². The van der Waals surface area contributed by atoms with Gasteiger partial charge in [-0.25, -0.2) is 0 Å². The highest BCUT2D eigenvalue weighted by atomic mass is 19.2. The highest BCUT2D eigenvalue weighted by Crippen LogP contribution is 1.92. The first-order chi connectivity index (χ1) is 7.47. The van der Waals surface area contributed by atoms with Gasteiger partial charge in [-0.2, -0.15) is 0 Å². The van der Waals surface area contributed by atoms with E-state index in [1.54, 1.807) is 0 Å². The third-order valence-corrected chi connectivity index (χ3v) is 1.34. The summed E-state index contributed by atoms with van der Waals surface area (Å²) in [7, 11) is 0. The molecule has 0 aliphatic carbocycles. The molecule has 0 aromatic heterocycles. The van der Waals surface area contributed by atoms with Crippen molar-refractivity contribution in [3.05, 3.63) is 0 Å². The highest BCUT2D eigenvalue weighted by Gasteiger charge is 2.21. The molecule has 0 fully saturated rings. The van der Waals surface area contributed by atoms with Gasteiger partial charge in [0.15, 0.2) is 0 Å². The number of carboxylic acids is 1. The smallest absolute Gasteiger partial charge is 0.305 e. The second-order valence-electron chi connectivity index (χ2n) is 2.68. The van der Waals surface area contributed by atoms with Crippen LogP contribution >= 0.6 is 0 Å². The Hall–Kier alpha value is -1.50. The van der Waals surface area contributed by atoms with E-state index in [9.17, 15) is 18.9 Å². The minimum atomic E-state index is -1.47. The average Bonchev–Trinajstić information content (AvgIpc) is 2.25. The largest absolute Gasteiger partial charge is 0.481 e. The molecule has 0 heterocycles. The van der Waals surface area contributed by atoms with Crippen LogP contribution in [0, 0.1) is 0 Å². The van der Waals surface area contributed by atoms with Crippen LogP contribution in [0.3, 0.4) is 0 Å². The fourth-order valence-electron chi connectivity index (χ4n) is 0.690. The normalized spacial score (nSPS) is 10.8. The summed E-state index contributed by atoms with van der Waals surface area (Å²) in [6.07, 6.45) is -0.680. The summed E-state index contributed by atoms with van der Waals surface area (Å²) in [6, 6.07) is -1.47. The number of ketones is 1. The number of nitrogens with one attached hydrogen (secondary N) is 2. The standard InChI is InChI=1S/C7H11FN2O4.C2H6/c1-4(11)3-9-7(14)5(10-8)2-6(12)13;1-2/h5,10H,2-3H2,1H3,(H,9,14)(H,12,13);1-2H3/t5-;/m0./s1. The van der Waals surface area contributed by atoms with Gasteiger partial charge in [-0.05, 0) is 6.92 Å². The minimum Gasteiger partial charge on any atom is -0.481 e. The van der Waals surface area contributed by atoms with Gasteiger partial charge in [0.2, 0.25) is 5.91 Å². The Morgan fingerprint density at radius 3 is 2.12 bits per heavy atom. The van der Waals surface area contributed by atoms with Crippen LogP contribution in [-0.2, 0) is 14.4 Å². The SMILES string of the molecule is CC.CC(=O)CNC(=O)[C@H](CC(=O)O)NF. The van der Waals surface area contributed by atoms with Crippen LogP contribution in [0.15, 0.2) is 0 Å². The second-order valence-corrected chi connectivity index (χ2v) is 2.68. The number of Topliss-reactive ketones (excluding diaryl/α,β-unsaturated/α-hetero) is 1. The molecule has 0 unspecified atom stereocenters. The molecular weight excluding hydrogens is 219 g/mol. The van der Waals surface area contributed by atoms with Crippen LogP contribution in [0.2, 0.25) is 0 Å². The fraction of sp³-hybridized carbons (Fsp3) is 0.667. The van der Waals surface area contributed by atoms with E-state index in [0.29, 0.717) is 0 Å². The molecule has 0 aromatic carbocycles. The second kappa shape index (κ2) is 10.0. The zero-order chi connectivity index (χ0) is 13.1. The molecule has 0 saturated carbocycles. The van der Waals surface area contributed by atoms with E-state index in [2.05, 4.69) is 5.32 Å². The molecule has 0 saturated heterocycles. The number of aliphatic carboxylic acids is 1. The lowest BCUT2D eigenvalue weighted by Gasteiger charge is -2.10. The molecule has 3 N–H and O–H groups in total. The maximum atomic E-state index is 11.9. The van der Waals surface area contributed by atoms with Crippen molar-refractivity contribution in [1.82, 2.24) is 10.9 Å². The monoisotopic (exact) mass is 236 g/mol. The van der Waals surface area contributed by atoms with Gasteiger partial charge < -0.3 is 10.4 Å². The van der Waals surface area contributed by atoms with Crippen molar-refractivity contribution in [1.29, 1.82) is 0 Å². The van der Waals surface area contributed by atoms with Gasteiger partial charge in [0, 0.05) is 0 Å². The van der Waals surface area contributed by atoms with Crippen LogP contribution in [0.5, 0.6) is 0 Å². The zero-order valence-electron chi connectivity index (χ0n) is 9.54. The quantitative estimate of drug-likeness (QED) is 0.566. The lowest BCUT2D eigenvalue weighted by molar-refractivity contribution is -0.140. The zero-order valence-corrected chi connectivity index (χ0v) is 9.54. The van der Waals surface area contributed by atoms with Crippen molar-refractivity contribution < 1.29 is 24.0 Å². The lowest BCUT2D eigenvalue weighted by atomic mass is 10.2. The van der Waals surface area contributed by atoms with Crippen LogP contribution in [0.25, 0.3) is 0 Å². The molecule has 0 aliphatic rings. The fourth-order valence-corrected chi connectivity index (χ4v) is 0.690. The summed E-state index contributed by atoms with van der Waals surface area (Å²) in [5.41, 5.74) is 1.05. The number of hydrogen-bond donors (Lipinski definition) is 3. The highest BCUT2D eigenvalue weighted by molar-refractivity contribution is 5.89. The van der Waals surface area contributed by atoms with E-state index in [0.717, 1.165) is 5.54 Å². The van der Waals surface area contributed by atoms with Gasteiger partial charge in [-0.1, -0.05) is 13.8 Å². The molecule has 6 nitrogen and oxygen atoms in total. The van der Waals surface area contributed by atoms with Gasteiger partial charge in [0.25, 0.3) is 0 Å². The van der Waals surface area contributed by atoms with Gasteiger partial charge in [0.05, 0.1) is 13.0 Å². The number of rotatable bonds is 6. The Labute approximate surface area is 93.1 Å². The molecule has 7 heteroatoms. The predicted octanol–water partition coefficient (Wildman–Crippen LogP) is 0.0352. The molecule has 0 aromatic rings. The molecule has 16 heavy (non-hydrogen) atoms. The molecule has 0 spiro atoms. The number of halogens is 1. The third-order valence-electron chi connectivity index (χ3n) is 1.34. The molecule has 1 atom stereocenters. The van der Waals surface area contributed by atoms with Crippen molar-refractivity contribution in [3.63, 3.8) is 0 Å². The minimum absolute atomic E-state index is 0.239. The Kier molecular flexibility index (Phi) is 10.6. The Morgan fingerprint density at radius 1 is 1.31 bits per heavy atom. The Morgan fingerprint density at radius 2 is 1.81 bits per heavy atom. The number of hydrogen-bond acceptors (Lipinski definition) is 4. The van der Waals surface area contributed by atoms with Crippen LogP contribution in [-0.4, -0.2) is 35.4 Å². The van der Waals surface area contributed by atoms with Crippen LogP contribution in [0.4, 0.5) is 4.48 Å². The first kappa shape index (κ1) is 16.9. The summed E-state index contributed by atoms with van der Waals surface area (Å²) in [5, 5.41) is 10.4. The lowest BCUT2D eigenvalue weighted by Crippen LogP contribution is -2.43. The topological polar surface area (TPSA) is 95.5 Å². The molecular formula is C9H17FN2O4. The molecule has 0 bridgehead atoms. The molecule has 0 radical (unpaired) electrons. The van der Waals surface area contributed by atoms with Crippen molar-refractivity contribution in [2.45, 2.75) is 33.2 Å². The summed E-state index contributed by atoms with van der Waals surface area (Å²) >= 11 is 0. The molecule has 0 rings (SSSR count). The van der Waals surface area contributed by atoms with Crippen molar-refractivity contribution >= 4 is 17.7 Å². The maximum Gasteiger partial charge on any atom is 0.305 e. The van der Waals surface area contributed by atoms with Gasteiger partial charge in [-0.15, -0.1) is 10.0 Å². The molecule has 1 amide bonds. The summed E-state index contributed by atoms with van der Waals surface area (Å²) < 4.78 is 11.9. The number of carboxylic acid groups (broad SMARTS) is 1. The third kappa shape index (κ3) is 9.07. The maximum absolute atomic E-state index is 11.9. The predicted molar refractivity (Wildman–Crippen MR) is 55.3 cm³/mol. The number of carbonyl (C=O) groups is 3. The van der Waals surface area contributed by atoms with Crippen molar-refractivity contribution in [2.24, 2.45) is 0 Å². The number of carbonyl (C=O) groups excluding carboxylic acids is 2.